The lowest BCUT2D eigenvalue weighted by Gasteiger charge is -2.13. The number of nitrogens with zero attached hydrogens (tertiary/aromatic N) is 12. The van der Waals surface area contributed by atoms with Crippen LogP contribution in [0.15, 0.2) is 366 Å². The summed E-state index contributed by atoms with van der Waals surface area (Å²) in [6, 6.07) is 84.2. The highest BCUT2D eigenvalue weighted by Crippen LogP contribution is 2.33. The minimum absolute atomic E-state index is 0.0469. The number of aromatic carboxylic acids is 6. The summed E-state index contributed by atoms with van der Waals surface area (Å²) in [4.78, 5) is 65.7. The van der Waals surface area contributed by atoms with E-state index in [-0.39, 0.29) is 44.9 Å². The van der Waals surface area contributed by atoms with Gasteiger partial charge in [0.15, 0.2) is 0 Å². The summed E-state index contributed by atoms with van der Waals surface area (Å²) in [6.45, 7) is 7.51. The molecule has 0 radical (unpaired) electrons. The Morgan fingerprint density at radius 2 is 0.452 bits per heavy atom. The standard InChI is InChI=1S/2C18H14F2N2O3.C17H14N2O3.3C17H14N2O2/c1-18(19,20)25-16-7-3-4-12(9-16)14-10-21-22(11-14)15-6-2-5-13(8-15)17(23)24;1-18(19,20)25-16-4-2-3-13(9-16)14-10-21-22(11-14)15-7-5-12(6-8-15)17(23)24;1-22-16-7-3-4-12(9-16)14-10-18-19(11-14)15-6-2-5-13(8-15)17(20)21;1-12-4-2-5-13(8-12)15-10-18-19(11-15)16-7-3-6-14(9-16)17(20)21;2*1-12-3-2-4-14(9-12)15-10-18-19(11-15)16-7-5-13(6-8-16)17(20)21/h2*2-11H,1H3,(H,23,24);2-11H,1H3,(H,20,21);3*2-11H,1H3,(H,20,21). The third-order valence-electron chi connectivity index (χ3n) is 20.1. The molecule has 18 aromatic rings. The maximum Gasteiger partial charge on any atom is 0.394 e. The molecule has 0 unspecified atom stereocenters. The average molecular weight is 1820 g/mol. The van der Waals surface area contributed by atoms with Gasteiger partial charge in [-0.1, -0.05) is 144 Å². The number of aryl methyl sites for hydroxylation is 3. The zero-order valence-corrected chi connectivity index (χ0v) is 72.9. The van der Waals surface area contributed by atoms with E-state index >= 15 is 0 Å². The largest absolute Gasteiger partial charge is 0.497 e. The molecule has 31 heteroatoms. The van der Waals surface area contributed by atoms with Gasteiger partial charge in [-0.2, -0.15) is 48.2 Å². The maximum atomic E-state index is 13.0. The van der Waals surface area contributed by atoms with Gasteiger partial charge in [0.25, 0.3) is 0 Å². The first kappa shape index (κ1) is 94.5. The molecule has 0 saturated heterocycles. The average Bonchev–Trinajstić information content (AvgIpc) is 1.77. The first-order valence-electron chi connectivity index (χ1n) is 41.2. The van der Waals surface area contributed by atoms with Gasteiger partial charge < -0.3 is 44.8 Å². The van der Waals surface area contributed by atoms with Crippen LogP contribution >= 0.6 is 0 Å². The van der Waals surface area contributed by atoms with Crippen molar-refractivity contribution >= 4 is 35.8 Å². The van der Waals surface area contributed by atoms with Crippen LogP contribution in [-0.4, -0.2) is 144 Å². The second-order valence-corrected chi connectivity index (χ2v) is 30.4. The third kappa shape index (κ3) is 26.1. The minimum atomic E-state index is -3.26. The van der Waals surface area contributed by atoms with Crippen molar-refractivity contribution in [3.63, 3.8) is 0 Å². The number of alkyl halides is 4. The predicted octanol–water partition coefficient (Wildman–Crippen LogP) is 22.3. The van der Waals surface area contributed by atoms with Crippen molar-refractivity contribution in [1.29, 1.82) is 0 Å². The molecule has 0 atom stereocenters. The Morgan fingerprint density at radius 3 is 0.674 bits per heavy atom. The smallest absolute Gasteiger partial charge is 0.394 e. The molecule has 0 spiro atoms. The van der Waals surface area contributed by atoms with Gasteiger partial charge in [-0.25, -0.2) is 56.9 Å². The first-order valence-corrected chi connectivity index (χ1v) is 41.2. The van der Waals surface area contributed by atoms with Crippen molar-refractivity contribution in [2.24, 2.45) is 0 Å². The fraction of sp³-hybridized carbons (Fsp3) is 0.0769. The maximum absolute atomic E-state index is 13.0. The Hall–Kier alpha value is -18.2. The molecule has 6 heterocycles. The lowest BCUT2D eigenvalue weighted by Crippen LogP contribution is -2.19. The van der Waals surface area contributed by atoms with Crippen LogP contribution in [0.4, 0.5) is 17.6 Å². The zero-order chi connectivity index (χ0) is 96.0. The molecule has 6 N–H and O–H groups in total. The molecule has 0 aliphatic heterocycles. The highest BCUT2D eigenvalue weighted by molar-refractivity contribution is 5.91. The number of halogens is 4. The van der Waals surface area contributed by atoms with Crippen molar-refractivity contribution in [3.05, 3.63) is 416 Å². The minimum Gasteiger partial charge on any atom is -0.497 e. The molecular weight excluding hydrogens is 1730 g/mol. The molecule has 12 aromatic carbocycles. The highest BCUT2D eigenvalue weighted by Gasteiger charge is 2.25. The topological polar surface area (TPSA) is 358 Å². The Balaban J connectivity index is 0.000000137. The zero-order valence-electron chi connectivity index (χ0n) is 72.9. The van der Waals surface area contributed by atoms with E-state index in [4.69, 9.17) is 35.4 Å². The number of benzene rings is 12. The van der Waals surface area contributed by atoms with Crippen LogP contribution in [0.25, 0.3) is 101 Å². The van der Waals surface area contributed by atoms with Crippen molar-refractivity contribution in [2.75, 3.05) is 7.11 Å². The van der Waals surface area contributed by atoms with Crippen LogP contribution in [0.1, 0.15) is 92.7 Å². The van der Waals surface area contributed by atoms with Crippen LogP contribution in [0.2, 0.25) is 0 Å². The summed E-state index contributed by atoms with van der Waals surface area (Å²) in [5, 5.41) is 79.6. The summed E-state index contributed by atoms with van der Waals surface area (Å²) in [6.07, 6.45) is 14.8. The molecule has 27 nitrogen and oxygen atoms in total. The molecule has 0 saturated carbocycles. The van der Waals surface area contributed by atoms with Gasteiger partial charge in [-0.3, -0.25) is 0 Å². The summed E-state index contributed by atoms with van der Waals surface area (Å²) in [5.74, 6) is -4.90. The van der Waals surface area contributed by atoms with Crippen LogP contribution in [-0.2, 0) is 0 Å². The number of carbonyl (C=O) groups is 6. The fourth-order valence-electron chi connectivity index (χ4n) is 13.5. The van der Waals surface area contributed by atoms with Crippen molar-refractivity contribution in [2.45, 2.75) is 46.8 Å². The van der Waals surface area contributed by atoms with Gasteiger partial charge >= 0.3 is 48.0 Å². The molecule has 18 rings (SSSR count). The summed E-state index contributed by atoms with van der Waals surface area (Å²) >= 11 is 0. The molecule has 0 fully saturated rings. The number of aromatic nitrogens is 12. The van der Waals surface area contributed by atoms with Crippen LogP contribution in [0.3, 0.4) is 0 Å². The number of carboxylic acid groups (broad SMARTS) is 6. The molecule has 135 heavy (non-hydrogen) atoms. The van der Waals surface area contributed by atoms with E-state index in [0.29, 0.717) is 53.2 Å². The monoisotopic (exact) mass is 1820 g/mol. The van der Waals surface area contributed by atoms with Gasteiger partial charge in [-0.15, -0.1) is 0 Å². The molecule has 6 aromatic heterocycles. The van der Waals surface area contributed by atoms with E-state index in [2.05, 4.69) is 84.2 Å². The Kier molecular flexibility index (Phi) is 30.0. The Morgan fingerprint density at radius 1 is 0.244 bits per heavy atom. The number of hydrogen-bond acceptors (Lipinski definition) is 15. The lowest BCUT2D eigenvalue weighted by atomic mass is 10.1. The number of hydrogen-bond donors (Lipinski definition) is 6. The van der Waals surface area contributed by atoms with Crippen LogP contribution < -0.4 is 14.2 Å². The molecule has 0 aliphatic rings. The van der Waals surface area contributed by atoms with E-state index in [1.54, 1.807) is 214 Å². The normalized spacial score (nSPS) is 10.8. The molecule has 0 bridgehead atoms. The van der Waals surface area contributed by atoms with Crippen LogP contribution in [0, 0.1) is 20.8 Å². The number of carboxylic acids is 6. The van der Waals surface area contributed by atoms with Gasteiger partial charge in [-0.05, 0) is 218 Å². The summed E-state index contributed by atoms with van der Waals surface area (Å²) in [7, 11) is 1.62. The van der Waals surface area contributed by atoms with E-state index < -0.39 is 48.0 Å². The number of ether oxygens (including phenoxy) is 3. The summed E-state index contributed by atoms with van der Waals surface area (Å²) < 4.78 is 76.2. The fourth-order valence-corrected chi connectivity index (χ4v) is 13.5. The number of rotatable bonds is 23. The second kappa shape index (κ2) is 42.8. The predicted molar refractivity (Wildman–Crippen MR) is 499 cm³/mol. The van der Waals surface area contributed by atoms with E-state index in [1.807, 2.05) is 111 Å². The van der Waals surface area contributed by atoms with Gasteiger partial charge in [0.05, 0.1) is 112 Å². The van der Waals surface area contributed by atoms with E-state index in [0.717, 1.165) is 67.3 Å². The Bertz CT molecular complexity index is 7100. The third-order valence-corrected chi connectivity index (χ3v) is 20.1. The Labute approximate surface area is 769 Å². The van der Waals surface area contributed by atoms with Gasteiger partial charge in [0.1, 0.15) is 17.2 Å². The SMILES string of the molecule is CC(F)(F)Oc1cccc(-c2cnn(-c3ccc(C(=O)O)cc3)c2)c1.CC(F)(F)Oc1cccc(-c2cnn(-c3cccc(C(=O)O)c3)c2)c1.COc1cccc(-c2cnn(-c3cccc(C(=O)O)c3)c2)c1.Cc1cccc(-c2cnn(-c3ccc(C(=O)O)cc3)c2)c1.Cc1cccc(-c2cnn(-c3ccc(C(=O)O)cc3)c2)c1.Cc1cccc(-c2cnn(-c3cccc(C(=O)O)c3)c2)c1. The summed E-state index contributed by atoms with van der Waals surface area (Å²) in [5.41, 5.74) is 20.3. The highest BCUT2D eigenvalue weighted by atomic mass is 19.3. The van der Waals surface area contributed by atoms with Crippen molar-refractivity contribution < 1.29 is 91.2 Å². The van der Waals surface area contributed by atoms with E-state index in [9.17, 15) is 46.3 Å². The van der Waals surface area contributed by atoms with Crippen molar-refractivity contribution in [3.8, 4) is 118 Å². The van der Waals surface area contributed by atoms with Crippen LogP contribution in [0.5, 0.6) is 17.2 Å². The van der Waals surface area contributed by atoms with E-state index in [1.165, 1.54) is 69.9 Å². The van der Waals surface area contributed by atoms with Gasteiger partial charge in [0.2, 0.25) is 0 Å². The second-order valence-electron chi connectivity index (χ2n) is 30.4. The van der Waals surface area contributed by atoms with Gasteiger partial charge in [0, 0.05) is 84.4 Å². The molecule has 678 valence electrons. The number of methoxy groups -OCH3 is 1. The quantitative estimate of drug-likeness (QED) is 0.0324. The molecule has 0 aliphatic carbocycles. The molecular formula is C104H84F4N12O15. The first-order chi connectivity index (χ1) is 64.7. The molecule has 0 amide bonds. The lowest BCUT2D eigenvalue weighted by molar-refractivity contribution is -0.159. The van der Waals surface area contributed by atoms with Crippen molar-refractivity contribution in [1.82, 2.24) is 58.7 Å².